The maximum absolute atomic E-state index is 10.9. The molecular formula is C9H18INO2. The fourth-order valence-electron chi connectivity index (χ4n) is 0.998. The van der Waals surface area contributed by atoms with Crippen molar-refractivity contribution >= 4 is 28.7 Å². The van der Waals surface area contributed by atoms with E-state index in [4.69, 9.17) is 4.74 Å². The number of halogens is 1. The van der Waals surface area contributed by atoms with E-state index in [-0.39, 0.29) is 11.7 Å². The Balaban J connectivity index is 3.72. The highest BCUT2D eigenvalue weighted by molar-refractivity contribution is 14.1. The fraction of sp³-hybridized carbons (Fsp3) is 0.889. The number of ether oxygens (including phenoxy) is 1. The third kappa shape index (κ3) is 7.10. The second kappa shape index (κ2) is 6.45. The number of nitrogens with one attached hydrogen (secondary N) is 1. The average molecular weight is 299 g/mol. The van der Waals surface area contributed by atoms with Crippen LogP contribution in [0, 0.1) is 0 Å². The number of unbranched alkanes of at least 4 members (excludes halogenated alkanes) is 1. The summed E-state index contributed by atoms with van der Waals surface area (Å²) in [6, 6.07) is 0. The number of amides is 1. The smallest absolute Gasteiger partial charge is 0.407 e. The normalized spacial score (nSPS) is 11.1. The highest BCUT2D eigenvalue weighted by Crippen LogP contribution is 2.18. The molecular weight excluding hydrogens is 281 g/mol. The first-order chi connectivity index (χ1) is 6.02. The molecule has 3 nitrogen and oxygen atoms in total. The molecule has 0 spiro atoms. The van der Waals surface area contributed by atoms with Crippen LogP contribution in [0.4, 0.5) is 4.79 Å². The molecule has 0 saturated heterocycles. The molecule has 0 atom stereocenters. The van der Waals surface area contributed by atoms with E-state index in [1.165, 1.54) is 6.42 Å². The van der Waals surface area contributed by atoms with Crippen LogP contribution in [0.2, 0.25) is 0 Å². The van der Waals surface area contributed by atoms with Crippen LogP contribution in [0.25, 0.3) is 0 Å². The fourth-order valence-corrected chi connectivity index (χ4v) is 1.54. The number of hydrogen-bond donors (Lipinski definition) is 1. The molecule has 13 heavy (non-hydrogen) atoms. The lowest BCUT2D eigenvalue weighted by Gasteiger charge is -2.24. The predicted octanol–water partition coefficient (Wildman–Crippen LogP) is 2.73. The summed E-state index contributed by atoms with van der Waals surface area (Å²) in [7, 11) is 1.57. The van der Waals surface area contributed by atoms with Crippen LogP contribution in [0.5, 0.6) is 0 Å². The maximum atomic E-state index is 10.9. The molecule has 4 heteroatoms. The van der Waals surface area contributed by atoms with E-state index in [0.29, 0.717) is 0 Å². The number of hydrogen-bond acceptors (Lipinski definition) is 2. The van der Waals surface area contributed by atoms with Crippen LogP contribution in [-0.2, 0) is 4.74 Å². The van der Waals surface area contributed by atoms with E-state index >= 15 is 0 Å². The van der Waals surface area contributed by atoms with Gasteiger partial charge in [-0.2, -0.15) is 0 Å². The van der Waals surface area contributed by atoms with E-state index in [9.17, 15) is 4.79 Å². The van der Waals surface area contributed by atoms with Crippen LogP contribution in [0.15, 0.2) is 0 Å². The summed E-state index contributed by atoms with van der Waals surface area (Å²) in [4.78, 5) is 10.9. The first-order valence-electron chi connectivity index (χ1n) is 4.48. The number of carbonyl (C=O) groups excluding carboxylic acids is 1. The van der Waals surface area contributed by atoms with E-state index < -0.39 is 0 Å². The van der Waals surface area contributed by atoms with Crippen LogP contribution in [-0.4, -0.2) is 23.2 Å². The zero-order valence-corrected chi connectivity index (χ0v) is 10.7. The van der Waals surface area contributed by atoms with Gasteiger partial charge in [-0.1, -0.05) is 22.6 Å². The van der Waals surface area contributed by atoms with Crippen LogP contribution in [0.3, 0.4) is 0 Å². The van der Waals surface area contributed by atoms with Crippen LogP contribution >= 0.6 is 22.6 Å². The van der Waals surface area contributed by atoms with E-state index in [1.807, 2.05) is 13.8 Å². The zero-order valence-electron chi connectivity index (χ0n) is 8.52. The van der Waals surface area contributed by atoms with Crippen molar-refractivity contribution in [2.24, 2.45) is 0 Å². The molecule has 0 fully saturated rings. The Bertz CT molecular complexity index is 160. The second-order valence-corrected chi connectivity index (χ2v) is 4.62. The summed E-state index contributed by atoms with van der Waals surface area (Å²) >= 11 is 2.35. The summed E-state index contributed by atoms with van der Waals surface area (Å²) in [6.45, 7) is 3.88. The largest absolute Gasteiger partial charge is 0.444 e. The molecule has 0 unspecified atom stereocenters. The lowest BCUT2D eigenvalue weighted by molar-refractivity contribution is 0.0325. The number of alkyl halides is 1. The summed E-state index contributed by atoms with van der Waals surface area (Å²) in [6.07, 6.45) is 2.86. The number of rotatable bonds is 5. The van der Waals surface area contributed by atoms with Crippen molar-refractivity contribution in [1.82, 2.24) is 5.32 Å². The predicted molar refractivity (Wildman–Crippen MR) is 62.4 cm³/mol. The molecule has 0 aromatic carbocycles. The highest BCUT2D eigenvalue weighted by atomic mass is 127. The van der Waals surface area contributed by atoms with Crippen molar-refractivity contribution in [3.63, 3.8) is 0 Å². The summed E-state index contributed by atoms with van der Waals surface area (Å²) < 4.78 is 6.34. The molecule has 0 saturated carbocycles. The Morgan fingerprint density at radius 2 is 2.08 bits per heavy atom. The van der Waals surface area contributed by atoms with E-state index in [1.54, 1.807) is 7.05 Å². The first-order valence-corrected chi connectivity index (χ1v) is 6.01. The lowest BCUT2D eigenvalue weighted by Crippen LogP contribution is -2.32. The van der Waals surface area contributed by atoms with Gasteiger partial charge < -0.3 is 10.1 Å². The zero-order chi connectivity index (χ0) is 10.3. The van der Waals surface area contributed by atoms with Crippen molar-refractivity contribution in [3.8, 4) is 0 Å². The van der Waals surface area contributed by atoms with Gasteiger partial charge in [-0.3, -0.25) is 0 Å². The van der Waals surface area contributed by atoms with Crippen molar-refractivity contribution < 1.29 is 9.53 Å². The molecule has 0 aromatic rings. The Kier molecular flexibility index (Phi) is 6.45. The Morgan fingerprint density at radius 1 is 1.46 bits per heavy atom. The van der Waals surface area contributed by atoms with Gasteiger partial charge in [-0.25, -0.2) is 4.79 Å². The summed E-state index contributed by atoms with van der Waals surface area (Å²) in [5.74, 6) is 0. The van der Waals surface area contributed by atoms with Gasteiger partial charge in [0.1, 0.15) is 5.60 Å². The van der Waals surface area contributed by atoms with Gasteiger partial charge in [0, 0.05) is 7.05 Å². The van der Waals surface area contributed by atoms with E-state index in [0.717, 1.165) is 17.3 Å². The van der Waals surface area contributed by atoms with Crippen LogP contribution in [0.1, 0.15) is 33.1 Å². The third-order valence-corrected chi connectivity index (χ3v) is 2.50. The van der Waals surface area contributed by atoms with Crippen molar-refractivity contribution in [3.05, 3.63) is 0 Å². The number of alkyl carbamates (subject to hydrolysis) is 1. The lowest BCUT2D eigenvalue weighted by atomic mass is 10.0. The molecule has 0 aromatic heterocycles. The molecule has 1 N–H and O–H groups in total. The van der Waals surface area contributed by atoms with Gasteiger partial charge in [0.15, 0.2) is 0 Å². The highest BCUT2D eigenvalue weighted by Gasteiger charge is 2.21. The van der Waals surface area contributed by atoms with Crippen molar-refractivity contribution in [2.75, 3.05) is 11.5 Å². The van der Waals surface area contributed by atoms with Gasteiger partial charge in [0.05, 0.1) is 0 Å². The van der Waals surface area contributed by atoms with Gasteiger partial charge in [0.2, 0.25) is 0 Å². The molecule has 0 aliphatic rings. The van der Waals surface area contributed by atoms with Gasteiger partial charge in [0.25, 0.3) is 0 Å². The van der Waals surface area contributed by atoms with Gasteiger partial charge in [-0.15, -0.1) is 0 Å². The molecule has 78 valence electrons. The molecule has 1 amide bonds. The number of carbonyl (C=O) groups is 1. The monoisotopic (exact) mass is 299 g/mol. The Hall–Kier alpha value is 0. The SMILES string of the molecule is CNC(=O)OC(C)(C)CCCCI. The van der Waals surface area contributed by atoms with Gasteiger partial charge >= 0.3 is 6.09 Å². The molecule has 0 aliphatic carbocycles. The molecule has 0 radical (unpaired) electrons. The minimum atomic E-state index is -0.348. The Labute approximate surface area is 93.7 Å². The van der Waals surface area contributed by atoms with Crippen molar-refractivity contribution in [2.45, 2.75) is 38.7 Å². The second-order valence-electron chi connectivity index (χ2n) is 3.55. The summed E-state index contributed by atoms with van der Waals surface area (Å²) in [5, 5.41) is 2.45. The molecule has 0 rings (SSSR count). The standard InChI is InChI=1S/C9H18INO2/c1-9(2,6-4-5-7-10)13-8(12)11-3/h4-7H2,1-3H3,(H,11,12). The molecule has 0 heterocycles. The Morgan fingerprint density at radius 3 is 2.54 bits per heavy atom. The maximum Gasteiger partial charge on any atom is 0.407 e. The molecule has 0 aliphatic heterocycles. The average Bonchev–Trinajstić information content (AvgIpc) is 2.03. The first kappa shape index (κ1) is 13.0. The van der Waals surface area contributed by atoms with Gasteiger partial charge in [-0.05, 0) is 37.5 Å². The topological polar surface area (TPSA) is 38.3 Å². The molecule has 0 bridgehead atoms. The van der Waals surface area contributed by atoms with Crippen molar-refractivity contribution in [1.29, 1.82) is 0 Å². The van der Waals surface area contributed by atoms with E-state index in [2.05, 4.69) is 27.9 Å². The third-order valence-electron chi connectivity index (χ3n) is 1.74. The van der Waals surface area contributed by atoms with Crippen LogP contribution < -0.4 is 5.32 Å². The minimum Gasteiger partial charge on any atom is -0.444 e. The minimum absolute atomic E-state index is 0.341. The quantitative estimate of drug-likeness (QED) is 0.481. The summed E-state index contributed by atoms with van der Waals surface area (Å²) in [5.41, 5.74) is -0.341.